The van der Waals surface area contributed by atoms with Gasteiger partial charge in [-0.2, -0.15) is 0 Å². The number of aliphatic hydroxyl groups excluding tert-OH is 1. The van der Waals surface area contributed by atoms with Crippen molar-refractivity contribution in [3.05, 3.63) is 53.6 Å². The van der Waals surface area contributed by atoms with Crippen molar-refractivity contribution in [2.24, 2.45) is 0 Å². The van der Waals surface area contributed by atoms with E-state index in [1.54, 1.807) is 7.11 Å². The molecule has 1 N–H and O–H groups in total. The van der Waals surface area contributed by atoms with E-state index in [-0.39, 0.29) is 6.10 Å². The monoisotopic (exact) mass is 254 g/mol. The Bertz CT molecular complexity index is 590. The first kappa shape index (κ1) is 12.2. The highest BCUT2D eigenvalue weighted by molar-refractivity contribution is 5.66. The lowest BCUT2D eigenvalue weighted by molar-refractivity contribution is 0.156. The fourth-order valence-corrected chi connectivity index (χ4v) is 2.77. The number of hydrogen-bond acceptors (Lipinski definition) is 2. The summed E-state index contributed by atoms with van der Waals surface area (Å²) >= 11 is 0. The summed E-state index contributed by atoms with van der Waals surface area (Å²) in [4.78, 5) is 0. The molecule has 0 unspecified atom stereocenters. The molecule has 2 heteroatoms. The summed E-state index contributed by atoms with van der Waals surface area (Å²) in [6.45, 7) is 0. The average Bonchev–Trinajstić information content (AvgIpc) is 2.47. The van der Waals surface area contributed by atoms with E-state index in [1.807, 2.05) is 18.2 Å². The molecule has 98 valence electrons. The van der Waals surface area contributed by atoms with Gasteiger partial charge in [-0.15, -0.1) is 0 Å². The number of fused-ring (bicyclic) bond motifs is 1. The standard InChI is InChI=1S/C17H18O2/c1-19-15-6-2-4-12(11-15)13-8-9-16-14(10-13)5-3-7-17(16)18/h2,4,6,8-11,17-18H,3,5,7H2,1H3/t17-/m0/s1. The van der Waals surface area contributed by atoms with Crippen molar-refractivity contribution in [1.29, 1.82) is 0 Å². The maximum atomic E-state index is 9.98. The molecule has 0 amide bonds. The van der Waals surface area contributed by atoms with E-state index in [2.05, 4.69) is 24.3 Å². The predicted octanol–water partition coefficient (Wildman–Crippen LogP) is 3.73. The van der Waals surface area contributed by atoms with Gasteiger partial charge in [0, 0.05) is 0 Å². The van der Waals surface area contributed by atoms with Crippen LogP contribution >= 0.6 is 0 Å². The van der Waals surface area contributed by atoms with Crippen molar-refractivity contribution in [3.8, 4) is 16.9 Å². The minimum absolute atomic E-state index is 0.289. The number of benzene rings is 2. The van der Waals surface area contributed by atoms with Gasteiger partial charge in [0.1, 0.15) is 5.75 Å². The van der Waals surface area contributed by atoms with Crippen molar-refractivity contribution in [2.45, 2.75) is 25.4 Å². The normalized spacial score (nSPS) is 17.9. The number of methoxy groups -OCH3 is 1. The van der Waals surface area contributed by atoms with Gasteiger partial charge in [0.15, 0.2) is 0 Å². The second-order valence-corrected chi connectivity index (χ2v) is 5.05. The maximum Gasteiger partial charge on any atom is 0.119 e. The predicted molar refractivity (Wildman–Crippen MR) is 76.3 cm³/mol. The van der Waals surface area contributed by atoms with Crippen LogP contribution in [0.2, 0.25) is 0 Å². The van der Waals surface area contributed by atoms with E-state index < -0.39 is 0 Å². The van der Waals surface area contributed by atoms with Gasteiger partial charge < -0.3 is 9.84 Å². The summed E-state index contributed by atoms with van der Waals surface area (Å²) in [5.74, 6) is 0.871. The first-order valence-electron chi connectivity index (χ1n) is 6.73. The highest BCUT2D eigenvalue weighted by Gasteiger charge is 2.18. The van der Waals surface area contributed by atoms with Crippen LogP contribution in [0.15, 0.2) is 42.5 Å². The molecule has 1 aliphatic carbocycles. The van der Waals surface area contributed by atoms with Gasteiger partial charge in [-0.1, -0.05) is 30.3 Å². The van der Waals surface area contributed by atoms with Crippen LogP contribution in [0.4, 0.5) is 0 Å². The molecule has 3 rings (SSSR count). The number of ether oxygens (including phenoxy) is 1. The molecule has 0 saturated heterocycles. The Labute approximate surface area is 113 Å². The third-order valence-electron chi connectivity index (χ3n) is 3.83. The molecule has 2 aromatic carbocycles. The maximum absolute atomic E-state index is 9.98. The largest absolute Gasteiger partial charge is 0.497 e. The van der Waals surface area contributed by atoms with Crippen LogP contribution in [0.5, 0.6) is 5.75 Å². The SMILES string of the molecule is COc1cccc(-c2ccc3c(c2)CCC[C@@H]3O)c1. The summed E-state index contributed by atoms with van der Waals surface area (Å²) in [7, 11) is 1.68. The Morgan fingerprint density at radius 2 is 1.95 bits per heavy atom. The van der Waals surface area contributed by atoms with Crippen LogP contribution in [-0.4, -0.2) is 12.2 Å². The van der Waals surface area contributed by atoms with Crippen LogP contribution < -0.4 is 4.74 Å². The fourth-order valence-electron chi connectivity index (χ4n) is 2.77. The van der Waals surface area contributed by atoms with Crippen LogP contribution in [0, 0.1) is 0 Å². The van der Waals surface area contributed by atoms with Gasteiger partial charge in [0.05, 0.1) is 13.2 Å². The van der Waals surface area contributed by atoms with Gasteiger partial charge in [-0.25, -0.2) is 0 Å². The number of aryl methyl sites for hydroxylation is 1. The topological polar surface area (TPSA) is 29.5 Å². The number of hydrogen-bond donors (Lipinski definition) is 1. The van der Waals surface area contributed by atoms with Gasteiger partial charge >= 0.3 is 0 Å². The highest BCUT2D eigenvalue weighted by atomic mass is 16.5. The summed E-state index contributed by atoms with van der Waals surface area (Å²) < 4.78 is 5.27. The lowest BCUT2D eigenvalue weighted by Crippen LogP contribution is -2.08. The van der Waals surface area contributed by atoms with Gasteiger partial charge in [-0.05, 0) is 53.6 Å². The van der Waals surface area contributed by atoms with Crippen molar-refractivity contribution in [3.63, 3.8) is 0 Å². The molecule has 1 atom stereocenters. The lowest BCUT2D eigenvalue weighted by Gasteiger charge is -2.22. The van der Waals surface area contributed by atoms with Crippen molar-refractivity contribution in [2.75, 3.05) is 7.11 Å². The van der Waals surface area contributed by atoms with Gasteiger partial charge in [-0.3, -0.25) is 0 Å². The second kappa shape index (κ2) is 5.06. The van der Waals surface area contributed by atoms with E-state index in [0.29, 0.717) is 0 Å². The molecule has 0 spiro atoms. The Kier molecular flexibility index (Phi) is 3.26. The summed E-state index contributed by atoms with van der Waals surface area (Å²) in [5.41, 5.74) is 4.71. The Morgan fingerprint density at radius 1 is 1.11 bits per heavy atom. The second-order valence-electron chi connectivity index (χ2n) is 5.05. The summed E-state index contributed by atoms with van der Waals surface area (Å²) in [6.07, 6.45) is 2.72. The summed E-state index contributed by atoms with van der Waals surface area (Å²) in [6, 6.07) is 14.4. The average molecular weight is 254 g/mol. The molecular formula is C17H18O2. The first-order chi connectivity index (χ1) is 9.28. The zero-order valence-corrected chi connectivity index (χ0v) is 11.1. The molecule has 0 fully saturated rings. The molecule has 0 heterocycles. The smallest absolute Gasteiger partial charge is 0.119 e. The molecular weight excluding hydrogens is 236 g/mol. The van der Waals surface area contributed by atoms with Crippen molar-refractivity contribution >= 4 is 0 Å². The fraction of sp³-hybridized carbons (Fsp3) is 0.294. The number of rotatable bonds is 2. The minimum Gasteiger partial charge on any atom is -0.497 e. The van der Waals surface area contributed by atoms with E-state index >= 15 is 0 Å². The van der Waals surface area contributed by atoms with Gasteiger partial charge in [0.2, 0.25) is 0 Å². The molecule has 2 nitrogen and oxygen atoms in total. The van der Waals surface area contributed by atoms with Crippen LogP contribution in [-0.2, 0) is 6.42 Å². The van der Waals surface area contributed by atoms with Crippen LogP contribution in [0.25, 0.3) is 11.1 Å². The molecule has 0 radical (unpaired) electrons. The Morgan fingerprint density at radius 3 is 2.79 bits per heavy atom. The first-order valence-corrected chi connectivity index (χ1v) is 6.73. The van der Waals surface area contributed by atoms with Crippen molar-refractivity contribution < 1.29 is 9.84 Å². The third-order valence-corrected chi connectivity index (χ3v) is 3.83. The van der Waals surface area contributed by atoms with E-state index in [9.17, 15) is 5.11 Å². The zero-order chi connectivity index (χ0) is 13.2. The molecule has 0 aliphatic heterocycles. The van der Waals surface area contributed by atoms with E-state index in [1.165, 1.54) is 11.1 Å². The minimum atomic E-state index is -0.289. The zero-order valence-electron chi connectivity index (χ0n) is 11.1. The molecule has 2 aromatic rings. The van der Waals surface area contributed by atoms with Gasteiger partial charge in [0.25, 0.3) is 0 Å². The molecule has 0 bridgehead atoms. The van der Waals surface area contributed by atoms with Crippen molar-refractivity contribution in [1.82, 2.24) is 0 Å². The van der Waals surface area contributed by atoms with Crippen LogP contribution in [0.1, 0.15) is 30.1 Å². The molecule has 0 aromatic heterocycles. The summed E-state index contributed by atoms with van der Waals surface area (Å²) in [5, 5.41) is 9.98. The quantitative estimate of drug-likeness (QED) is 0.884. The Hall–Kier alpha value is -1.80. The molecule has 0 saturated carbocycles. The lowest BCUT2D eigenvalue weighted by atomic mass is 9.87. The van der Waals surface area contributed by atoms with E-state index in [0.717, 1.165) is 36.1 Å². The molecule has 19 heavy (non-hydrogen) atoms. The van der Waals surface area contributed by atoms with Crippen LogP contribution in [0.3, 0.4) is 0 Å². The Balaban J connectivity index is 2.01. The molecule has 1 aliphatic rings. The number of aliphatic hydroxyl groups is 1. The highest BCUT2D eigenvalue weighted by Crippen LogP contribution is 2.33. The van der Waals surface area contributed by atoms with E-state index in [4.69, 9.17) is 4.74 Å². The third kappa shape index (κ3) is 2.36.